The Balaban J connectivity index is 2.03. The summed E-state index contributed by atoms with van der Waals surface area (Å²) in [4.78, 5) is 9.72. The van der Waals surface area contributed by atoms with E-state index in [9.17, 15) is 0 Å². The summed E-state index contributed by atoms with van der Waals surface area (Å²) in [5, 5.41) is 3.22. The van der Waals surface area contributed by atoms with Crippen LogP contribution in [0.15, 0.2) is 12.1 Å². The molecule has 4 nitrogen and oxygen atoms in total. The molecule has 1 saturated heterocycles. The van der Waals surface area contributed by atoms with E-state index in [1.54, 1.807) is 0 Å². The van der Waals surface area contributed by atoms with Gasteiger partial charge in [-0.15, -0.1) is 0 Å². The first-order valence-electron chi connectivity index (χ1n) is 7.75. The number of rotatable bonds is 5. The topological polar surface area (TPSA) is 31.4 Å². The molecule has 0 aliphatic carbocycles. The highest BCUT2D eigenvalue weighted by atomic mass is 15.3. The zero-order chi connectivity index (χ0) is 14.5. The Bertz CT molecular complexity index is 424. The third-order valence-electron chi connectivity index (χ3n) is 4.23. The third-order valence-corrected chi connectivity index (χ3v) is 4.23. The summed E-state index contributed by atoms with van der Waals surface area (Å²) in [5.74, 6) is 1.14. The van der Waals surface area contributed by atoms with Crippen LogP contribution < -0.4 is 10.2 Å². The van der Waals surface area contributed by atoms with Gasteiger partial charge in [-0.05, 0) is 45.0 Å². The quantitative estimate of drug-likeness (QED) is 0.891. The van der Waals surface area contributed by atoms with Crippen molar-refractivity contribution < 1.29 is 0 Å². The second kappa shape index (κ2) is 7.04. The van der Waals surface area contributed by atoms with E-state index in [2.05, 4.69) is 48.0 Å². The predicted octanol–water partition coefficient (Wildman–Crippen LogP) is 2.03. The Morgan fingerprint density at radius 2 is 1.95 bits per heavy atom. The molecule has 1 aliphatic rings. The number of pyridine rings is 1. The van der Waals surface area contributed by atoms with Crippen LogP contribution in [0.25, 0.3) is 0 Å². The van der Waals surface area contributed by atoms with Crippen molar-refractivity contribution in [3.8, 4) is 0 Å². The minimum Gasteiger partial charge on any atom is -0.354 e. The van der Waals surface area contributed by atoms with E-state index >= 15 is 0 Å². The van der Waals surface area contributed by atoms with E-state index in [0.29, 0.717) is 6.04 Å². The van der Waals surface area contributed by atoms with Crippen LogP contribution in [0.4, 0.5) is 5.82 Å². The van der Waals surface area contributed by atoms with Crippen LogP contribution in [0.1, 0.15) is 31.5 Å². The number of nitrogens with zero attached hydrogens (tertiary/aromatic N) is 3. The Morgan fingerprint density at radius 3 is 2.55 bits per heavy atom. The van der Waals surface area contributed by atoms with Gasteiger partial charge in [0, 0.05) is 44.5 Å². The Hall–Kier alpha value is -1.13. The molecule has 0 bridgehead atoms. The molecule has 112 valence electrons. The number of nitrogens with one attached hydrogen (secondary N) is 1. The van der Waals surface area contributed by atoms with E-state index in [1.807, 2.05) is 7.05 Å². The Kier molecular flexibility index (Phi) is 5.38. The van der Waals surface area contributed by atoms with Gasteiger partial charge in [-0.3, -0.25) is 4.90 Å². The monoisotopic (exact) mass is 276 g/mol. The lowest BCUT2D eigenvalue weighted by molar-refractivity contribution is 0.192. The molecule has 0 radical (unpaired) electrons. The summed E-state index contributed by atoms with van der Waals surface area (Å²) < 4.78 is 0. The van der Waals surface area contributed by atoms with Crippen molar-refractivity contribution >= 4 is 5.82 Å². The fraction of sp³-hybridized carbons (Fsp3) is 0.688. The van der Waals surface area contributed by atoms with Crippen LogP contribution in [-0.4, -0.2) is 49.2 Å². The first kappa shape index (κ1) is 15.3. The van der Waals surface area contributed by atoms with Gasteiger partial charge in [0.2, 0.25) is 0 Å². The number of hydrogen-bond donors (Lipinski definition) is 1. The lowest BCUT2D eigenvalue weighted by atomic mass is 10.1. The number of anilines is 1. The Morgan fingerprint density at radius 1 is 1.25 bits per heavy atom. The van der Waals surface area contributed by atoms with Gasteiger partial charge in [0.05, 0.1) is 0 Å². The molecule has 0 spiro atoms. The first-order valence-corrected chi connectivity index (χ1v) is 7.75. The maximum absolute atomic E-state index is 4.71. The van der Waals surface area contributed by atoms with Crippen LogP contribution >= 0.6 is 0 Å². The fourth-order valence-corrected chi connectivity index (χ4v) is 2.84. The molecule has 2 heterocycles. The molecule has 1 N–H and O–H groups in total. The number of aryl methyl sites for hydroxylation is 1. The van der Waals surface area contributed by atoms with Gasteiger partial charge in [0.1, 0.15) is 5.82 Å². The number of aromatic nitrogens is 1. The lowest BCUT2D eigenvalue weighted by Crippen LogP contribution is -2.49. The molecule has 1 aromatic heterocycles. The van der Waals surface area contributed by atoms with E-state index in [1.165, 1.54) is 12.0 Å². The molecule has 1 fully saturated rings. The van der Waals surface area contributed by atoms with E-state index in [4.69, 9.17) is 4.98 Å². The minimum atomic E-state index is 0.697. The largest absolute Gasteiger partial charge is 0.354 e. The second-order valence-electron chi connectivity index (χ2n) is 5.79. The van der Waals surface area contributed by atoms with Crippen LogP contribution in [0.2, 0.25) is 0 Å². The summed E-state index contributed by atoms with van der Waals surface area (Å²) in [6.45, 7) is 12.0. The van der Waals surface area contributed by atoms with Gasteiger partial charge >= 0.3 is 0 Å². The van der Waals surface area contributed by atoms with Crippen LogP contribution in [0, 0.1) is 6.92 Å². The summed E-state index contributed by atoms with van der Waals surface area (Å²) in [6, 6.07) is 5.08. The SMILES string of the molecule is CCC(C)N1CCN(c2cc(CNC)cc(C)n2)CC1. The van der Waals surface area contributed by atoms with Gasteiger partial charge in [-0.1, -0.05) is 6.92 Å². The molecule has 0 amide bonds. The third kappa shape index (κ3) is 3.70. The zero-order valence-electron chi connectivity index (χ0n) is 13.3. The summed E-state index contributed by atoms with van der Waals surface area (Å²) in [6.07, 6.45) is 1.23. The molecule has 20 heavy (non-hydrogen) atoms. The maximum Gasteiger partial charge on any atom is 0.129 e. The second-order valence-corrected chi connectivity index (χ2v) is 5.79. The fourth-order valence-electron chi connectivity index (χ4n) is 2.84. The normalized spacial score (nSPS) is 18.3. The van der Waals surface area contributed by atoms with Crippen molar-refractivity contribution in [1.29, 1.82) is 0 Å². The maximum atomic E-state index is 4.71. The van der Waals surface area contributed by atoms with Gasteiger partial charge < -0.3 is 10.2 Å². The van der Waals surface area contributed by atoms with Crippen molar-refractivity contribution in [3.05, 3.63) is 23.4 Å². The van der Waals surface area contributed by atoms with Crippen LogP contribution in [0.5, 0.6) is 0 Å². The zero-order valence-corrected chi connectivity index (χ0v) is 13.3. The van der Waals surface area contributed by atoms with Crippen molar-refractivity contribution in [2.75, 3.05) is 38.1 Å². The summed E-state index contributed by atoms with van der Waals surface area (Å²) >= 11 is 0. The van der Waals surface area contributed by atoms with E-state index in [0.717, 1.165) is 44.2 Å². The van der Waals surface area contributed by atoms with Crippen molar-refractivity contribution in [3.63, 3.8) is 0 Å². The highest BCUT2D eigenvalue weighted by molar-refractivity contribution is 5.43. The van der Waals surface area contributed by atoms with E-state index < -0.39 is 0 Å². The molecule has 1 aromatic rings. The molecule has 0 saturated carbocycles. The summed E-state index contributed by atoms with van der Waals surface area (Å²) in [5.41, 5.74) is 2.43. The molecule has 0 aromatic carbocycles. The molecule has 1 aliphatic heterocycles. The molecule has 2 rings (SSSR count). The smallest absolute Gasteiger partial charge is 0.129 e. The minimum absolute atomic E-state index is 0.697. The average Bonchev–Trinajstić information content (AvgIpc) is 2.46. The standard InChI is InChI=1S/C16H28N4/c1-5-14(3)19-6-8-20(9-7-19)16-11-15(12-17-4)10-13(2)18-16/h10-11,14,17H,5-9,12H2,1-4H3. The highest BCUT2D eigenvalue weighted by Crippen LogP contribution is 2.18. The number of hydrogen-bond acceptors (Lipinski definition) is 4. The van der Waals surface area contributed by atoms with Crippen LogP contribution in [-0.2, 0) is 6.54 Å². The highest BCUT2D eigenvalue weighted by Gasteiger charge is 2.21. The van der Waals surface area contributed by atoms with Gasteiger partial charge in [0.25, 0.3) is 0 Å². The molecular formula is C16H28N4. The molecule has 1 unspecified atom stereocenters. The van der Waals surface area contributed by atoms with Crippen molar-refractivity contribution in [1.82, 2.24) is 15.2 Å². The Labute approximate surface area is 123 Å². The molecular weight excluding hydrogens is 248 g/mol. The number of piperazine rings is 1. The van der Waals surface area contributed by atoms with Gasteiger partial charge in [0.15, 0.2) is 0 Å². The predicted molar refractivity (Wildman–Crippen MR) is 85.3 cm³/mol. The van der Waals surface area contributed by atoms with Crippen molar-refractivity contribution in [2.45, 2.75) is 39.8 Å². The average molecular weight is 276 g/mol. The first-order chi connectivity index (χ1) is 9.63. The van der Waals surface area contributed by atoms with Crippen molar-refractivity contribution in [2.24, 2.45) is 0 Å². The van der Waals surface area contributed by atoms with Gasteiger partial charge in [-0.2, -0.15) is 0 Å². The molecule has 4 heteroatoms. The van der Waals surface area contributed by atoms with Crippen LogP contribution in [0.3, 0.4) is 0 Å². The van der Waals surface area contributed by atoms with Gasteiger partial charge in [-0.25, -0.2) is 4.98 Å². The lowest BCUT2D eigenvalue weighted by Gasteiger charge is -2.38. The molecule has 1 atom stereocenters. The van der Waals surface area contributed by atoms with E-state index in [-0.39, 0.29) is 0 Å². The summed E-state index contributed by atoms with van der Waals surface area (Å²) in [7, 11) is 1.99.